The zero-order valence-electron chi connectivity index (χ0n) is 13.7. The second-order valence-electron chi connectivity index (χ2n) is 5.73. The first-order valence-corrected chi connectivity index (χ1v) is 8.13. The molecular formula is C19H24NO2+. The Kier molecular flexibility index (Phi) is 4.32. The van der Waals surface area contributed by atoms with Crippen LogP contribution in [0, 0.1) is 0 Å². The van der Waals surface area contributed by atoms with Crippen molar-refractivity contribution in [2.75, 3.05) is 20.2 Å². The minimum absolute atomic E-state index is 0.951. The first kappa shape index (κ1) is 14.9. The Bertz CT molecular complexity index is 734. The Labute approximate surface area is 131 Å². The summed E-state index contributed by atoms with van der Waals surface area (Å²) in [4.78, 5) is 0. The number of benzene rings is 1. The van der Waals surface area contributed by atoms with Gasteiger partial charge in [0.15, 0.2) is 0 Å². The van der Waals surface area contributed by atoms with E-state index in [1.165, 1.54) is 22.1 Å². The zero-order chi connectivity index (χ0) is 15.5. The number of ether oxygens (including phenoxy) is 1. The molecule has 116 valence electrons. The van der Waals surface area contributed by atoms with Crippen LogP contribution >= 0.6 is 0 Å². The predicted molar refractivity (Wildman–Crippen MR) is 89.6 cm³/mol. The van der Waals surface area contributed by atoms with E-state index in [9.17, 15) is 0 Å². The summed E-state index contributed by atoms with van der Waals surface area (Å²) in [6.07, 6.45) is 5.07. The molecule has 3 rings (SSSR count). The molecule has 3 heteroatoms. The number of methoxy groups -OCH3 is 1. The van der Waals surface area contributed by atoms with Gasteiger partial charge >= 0.3 is 0 Å². The van der Waals surface area contributed by atoms with Gasteiger partial charge in [-0.2, -0.15) is 0 Å². The highest BCUT2D eigenvalue weighted by atomic mass is 16.5. The topological polar surface area (TPSA) is 25.4 Å². The van der Waals surface area contributed by atoms with Crippen molar-refractivity contribution in [1.29, 1.82) is 0 Å². The van der Waals surface area contributed by atoms with Crippen LogP contribution < -0.4 is 9.93 Å². The lowest BCUT2D eigenvalue weighted by atomic mass is 9.91. The van der Waals surface area contributed by atoms with Gasteiger partial charge in [-0.15, -0.1) is 0 Å². The number of nitrogens with zero attached hydrogens (tertiary/aromatic N) is 1. The van der Waals surface area contributed by atoms with E-state index in [2.05, 4.69) is 42.7 Å². The summed E-state index contributed by atoms with van der Waals surface area (Å²) >= 11 is 0. The second kappa shape index (κ2) is 6.39. The third-order valence-corrected chi connectivity index (χ3v) is 4.40. The number of hydrogen-bond acceptors (Lipinski definition) is 2. The summed E-state index contributed by atoms with van der Waals surface area (Å²) in [6.45, 7) is 6.36. The molecular weight excluding hydrogens is 274 g/mol. The van der Waals surface area contributed by atoms with E-state index < -0.39 is 0 Å². The molecule has 1 heterocycles. The molecule has 0 aromatic carbocycles. The summed E-state index contributed by atoms with van der Waals surface area (Å²) in [7, 11) is 1.70. The lowest BCUT2D eigenvalue weighted by Gasteiger charge is -2.19. The summed E-state index contributed by atoms with van der Waals surface area (Å²) in [5.41, 5.74) is 3.63. The van der Waals surface area contributed by atoms with Gasteiger partial charge in [-0.3, -0.25) is 0 Å². The average molecular weight is 298 g/mol. The highest BCUT2D eigenvalue weighted by Crippen LogP contribution is 2.35. The summed E-state index contributed by atoms with van der Waals surface area (Å²) < 4.78 is 13.8. The van der Waals surface area contributed by atoms with Crippen LogP contribution in [0.5, 0.6) is 0 Å². The monoisotopic (exact) mass is 298 g/mol. The fourth-order valence-corrected chi connectivity index (χ4v) is 3.24. The lowest BCUT2D eigenvalue weighted by Crippen LogP contribution is -2.29. The molecule has 0 aromatic heterocycles. The minimum Gasteiger partial charge on any atom is -0.504 e. The van der Waals surface area contributed by atoms with E-state index in [4.69, 9.17) is 9.15 Å². The molecule has 22 heavy (non-hydrogen) atoms. The van der Waals surface area contributed by atoms with Crippen molar-refractivity contribution in [3.8, 4) is 11.3 Å². The van der Waals surface area contributed by atoms with Crippen molar-refractivity contribution in [3.63, 3.8) is 0 Å². The number of aryl methyl sites for hydroxylation is 1. The molecule has 3 aliphatic rings. The van der Waals surface area contributed by atoms with Crippen LogP contribution in [0.4, 0.5) is 0 Å². The quantitative estimate of drug-likeness (QED) is 0.640. The Morgan fingerprint density at radius 3 is 2.73 bits per heavy atom. The van der Waals surface area contributed by atoms with Crippen molar-refractivity contribution in [1.82, 2.24) is 4.58 Å². The van der Waals surface area contributed by atoms with Gasteiger partial charge in [-0.25, -0.2) is 4.58 Å². The number of hydrogen-bond donors (Lipinski definition) is 0. The first-order chi connectivity index (χ1) is 10.8. The van der Waals surface area contributed by atoms with Crippen LogP contribution in [-0.4, -0.2) is 20.2 Å². The molecule has 0 saturated heterocycles. The lowest BCUT2D eigenvalue weighted by molar-refractivity contribution is 0.337. The molecule has 0 N–H and O–H groups in total. The minimum atomic E-state index is 0.951. The maximum atomic E-state index is 6.25. The SMILES string of the molecule is CC[N+](CC)=c1ccc2cc3c(oc-2c1)/C(=C/OC)CCC3. The molecule has 2 aliphatic carbocycles. The molecule has 0 unspecified atom stereocenters. The Hall–Kier alpha value is -2.03. The fraction of sp³-hybridized carbons (Fsp3) is 0.421. The normalized spacial score (nSPS) is 15.9. The van der Waals surface area contributed by atoms with Gasteiger partial charge < -0.3 is 9.15 Å². The van der Waals surface area contributed by atoms with E-state index in [1.54, 1.807) is 7.11 Å². The van der Waals surface area contributed by atoms with Crippen molar-refractivity contribution in [2.45, 2.75) is 33.1 Å². The zero-order valence-corrected chi connectivity index (χ0v) is 13.7. The van der Waals surface area contributed by atoms with Gasteiger partial charge in [-0.1, -0.05) is 0 Å². The van der Waals surface area contributed by atoms with Crippen LogP contribution in [0.1, 0.15) is 38.0 Å². The van der Waals surface area contributed by atoms with Crippen LogP contribution in [-0.2, 0) is 11.2 Å². The second-order valence-corrected chi connectivity index (χ2v) is 5.73. The van der Waals surface area contributed by atoms with Crippen molar-refractivity contribution >= 4 is 5.57 Å². The molecule has 0 fully saturated rings. The maximum absolute atomic E-state index is 6.25. The highest BCUT2D eigenvalue weighted by Gasteiger charge is 2.20. The molecule has 3 nitrogen and oxygen atoms in total. The largest absolute Gasteiger partial charge is 0.504 e. The van der Waals surface area contributed by atoms with Crippen LogP contribution in [0.15, 0.2) is 34.9 Å². The summed E-state index contributed by atoms with van der Waals surface area (Å²) in [5, 5.41) is 1.22. The van der Waals surface area contributed by atoms with Crippen LogP contribution in [0.25, 0.3) is 16.9 Å². The fourth-order valence-electron chi connectivity index (χ4n) is 3.24. The number of rotatable bonds is 3. The van der Waals surface area contributed by atoms with Crippen LogP contribution in [0.3, 0.4) is 0 Å². The van der Waals surface area contributed by atoms with Crippen molar-refractivity contribution < 1.29 is 9.15 Å². The third kappa shape index (κ3) is 2.68. The maximum Gasteiger partial charge on any atom is 0.203 e. The van der Waals surface area contributed by atoms with E-state index in [0.717, 1.165) is 43.9 Å². The third-order valence-electron chi connectivity index (χ3n) is 4.40. The molecule has 0 aromatic rings. The summed E-state index contributed by atoms with van der Waals surface area (Å²) in [6, 6.07) is 8.78. The Balaban J connectivity index is 2.21. The van der Waals surface area contributed by atoms with E-state index in [-0.39, 0.29) is 0 Å². The van der Waals surface area contributed by atoms with Gasteiger partial charge in [0.2, 0.25) is 5.36 Å². The summed E-state index contributed by atoms with van der Waals surface area (Å²) in [5.74, 6) is 1.95. The molecule has 1 aliphatic heterocycles. The van der Waals surface area contributed by atoms with Gasteiger partial charge in [-0.05, 0) is 50.8 Å². The van der Waals surface area contributed by atoms with E-state index >= 15 is 0 Å². The van der Waals surface area contributed by atoms with Gasteiger partial charge in [0.05, 0.1) is 19.4 Å². The molecule has 0 radical (unpaired) electrons. The Morgan fingerprint density at radius 2 is 2.00 bits per heavy atom. The molecule has 0 spiro atoms. The standard InChI is InChI=1S/C19H24NO2/c1-4-20(5-2)17-10-9-14-11-15-7-6-8-16(13-21-3)19(15)22-18(14)12-17/h9-13H,4-8H2,1-3H3/q+1/b16-13+. The highest BCUT2D eigenvalue weighted by molar-refractivity contribution is 5.70. The van der Waals surface area contributed by atoms with Crippen molar-refractivity contribution in [2.24, 2.45) is 0 Å². The molecule has 0 atom stereocenters. The van der Waals surface area contributed by atoms with E-state index in [0.29, 0.717) is 0 Å². The van der Waals surface area contributed by atoms with Gasteiger partial charge in [0.1, 0.15) is 24.6 Å². The number of allylic oxidation sites excluding steroid dienone is 1. The van der Waals surface area contributed by atoms with Crippen LogP contribution in [0.2, 0.25) is 0 Å². The Morgan fingerprint density at radius 1 is 1.18 bits per heavy atom. The first-order valence-electron chi connectivity index (χ1n) is 8.13. The van der Waals surface area contributed by atoms with E-state index in [1.807, 2.05) is 6.26 Å². The molecule has 0 saturated carbocycles. The molecule has 0 bridgehead atoms. The van der Waals surface area contributed by atoms with Crippen molar-refractivity contribution in [3.05, 3.63) is 47.2 Å². The average Bonchev–Trinajstić information content (AvgIpc) is 2.55. The molecule has 0 amide bonds. The predicted octanol–water partition coefficient (Wildman–Crippen LogP) is 3.52. The van der Waals surface area contributed by atoms with Gasteiger partial charge in [0.25, 0.3) is 0 Å². The smallest absolute Gasteiger partial charge is 0.203 e. The number of fused-ring (bicyclic) bond motifs is 2. The van der Waals surface area contributed by atoms with Gasteiger partial charge in [0, 0.05) is 17.2 Å².